The molecular weight excluding hydrogens is 264 g/mol. The number of nitrogens with one attached hydrogen (secondary N) is 1. The van der Waals surface area contributed by atoms with Crippen molar-refractivity contribution in [2.24, 2.45) is 5.92 Å². The summed E-state index contributed by atoms with van der Waals surface area (Å²) < 4.78 is 11.5. The maximum absolute atomic E-state index is 5.77. The van der Waals surface area contributed by atoms with Gasteiger partial charge in [0.05, 0.1) is 19.8 Å². The molecule has 122 valence electrons. The zero-order valence-corrected chi connectivity index (χ0v) is 14.4. The van der Waals surface area contributed by atoms with Gasteiger partial charge in [0, 0.05) is 12.1 Å². The molecule has 0 saturated heterocycles. The Hall–Kier alpha value is -0.840. The molecule has 1 rings (SSSR count). The first-order valence-corrected chi connectivity index (χ1v) is 8.15. The number of hydrogen-bond acceptors (Lipinski definition) is 4. The Kier molecular flexibility index (Phi) is 8.66. The summed E-state index contributed by atoms with van der Waals surface area (Å²) in [5.74, 6) is 2.62. The van der Waals surface area contributed by atoms with Crippen LogP contribution in [0.3, 0.4) is 0 Å². The van der Waals surface area contributed by atoms with Crippen molar-refractivity contribution in [2.75, 3.05) is 32.8 Å². The summed E-state index contributed by atoms with van der Waals surface area (Å²) in [5.41, 5.74) is 1.16. The predicted octanol–water partition coefficient (Wildman–Crippen LogP) is 3.19. The second-order valence-corrected chi connectivity index (χ2v) is 5.90. The highest BCUT2D eigenvalue weighted by Crippen LogP contribution is 2.15. The molecule has 4 nitrogen and oxygen atoms in total. The van der Waals surface area contributed by atoms with Crippen LogP contribution in [0, 0.1) is 12.8 Å². The first-order valence-electron chi connectivity index (χ1n) is 8.15. The lowest BCUT2D eigenvalue weighted by Gasteiger charge is -2.17. The van der Waals surface area contributed by atoms with Crippen LogP contribution >= 0.6 is 0 Å². The fourth-order valence-corrected chi connectivity index (χ4v) is 2.22. The van der Waals surface area contributed by atoms with Gasteiger partial charge in [0.25, 0.3) is 0 Å². The Morgan fingerprint density at radius 2 is 2.00 bits per heavy atom. The predicted molar refractivity (Wildman–Crippen MR) is 87.4 cm³/mol. The van der Waals surface area contributed by atoms with Gasteiger partial charge in [-0.05, 0) is 38.5 Å². The van der Waals surface area contributed by atoms with E-state index in [2.05, 4.69) is 44.0 Å². The van der Waals surface area contributed by atoms with Crippen molar-refractivity contribution < 1.29 is 9.15 Å². The summed E-state index contributed by atoms with van der Waals surface area (Å²) in [4.78, 5) is 2.36. The number of furan rings is 1. The fourth-order valence-electron chi connectivity index (χ4n) is 2.22. The summed E-state index contributed by atoms with van der Waals surface area (Å²) in [7, 11) is 0. The van der Waals surface area contributed by atoms with Gasteiger partial charge in [0.2, 0.25) is 0 Å². The lowest BCUT2D eigenvalue weighted by atomic mass is 10.2. The first kappa shape index (κ1) is 18.2. The Labute approximate surface area is 129 Å². The Balaban J connectivity index is 2.30. The molecule has 1 N–H and O–H groups in total. The maximum Gasteiger partial charge on any atom is 0.118 e. The number of ether oxygens (including phenoxy) is 1. The SMILES string of the molecule is CCN(CC)CCOCc1cc(CNCC(C)C)oc1C. The van der Waals surface area contributed by atoms with E-state index < -0.39 is 0 Å². The second-order valence-electron chi connectivity index (χ2n) is 5.90. The molecule has 0 radical (unpaired) electrons. The van der Waals surface area contributed by atoms with Gasteiger partial charge in [-0.15, -0.1) is 0 Å². The molecule has 0 aliphatic carbocycles. The number of likely N-dealkylation sites (N-methyl/N-ethyl adjacent to an activating group) is 1. The first-order chi connectivity index (χ1) is 10.1. The van der Waals surface area contributed by atoms with Gasteiger partial charge in [0.1, 0.15) is 11.5 Å². The number of nitrogens with zero attached hydrogens (tertiary/aromatic N) is 1. The summed E-state index contributed by atoms with van der Waals surface area (Å²) in [6, 6.07) is 2.11. The average molecular weight is 296 g/mol. The van der Waals surface area contributed by atoms with E-state index in [4.69, 9.17) is 9.15 Å². The van der Waals surface area contributed by atoms with E-state index in [1.165, 1.54) is 0 Å². The Bertz CT molecular complexity index is 384. The van der Waals surface area contributed by atoms with Gasteiger partial charge in [-0.25, -0.2) is 0 Å². The highest BCUT2D eigenvalue weighted by Gasteiger charge is 2.08. The lowest BCUT2D eigenvalue weighted by molar-refractivity contribution is 0.0949. The molecule has 0 spiro atoms. The van der Waals surface area contributed by atoms with Crippen LogP contribution in [0.1, 0.15) is 44.8 Å². The minimum atomic E-state index is 0.640. The van der Waals surface area contributed by atoms with Crippen molar-refractivity contribution in [1.82, 2.24) is 10.2 Å². The lowest BCUT2D eigenvalue weighted by Crippen LogP contribution is -2.26. The van der Waals surface area contributed by atoms with Crippen LogP contribution in [-0.2, 0) is 17.9 Å². The number of hydrogen-bond donors (Lipinski definition) is 1. The molecule has 0 aliphatic rings. The van der Waals surface area contributed by atoms with E-state index in [1.807, 2.05) is 6.92 Å². The molecule has 0 aromatic carbocycles. The van der Waals surface area contributed by atoms with E-state index >= 15 is 0 Å². The monoisotopic (exact) mass is 296 g/mol. The third-order valence-electron chi connectivity index (χ3n) is 3.63. The quantitative estimate of drug-likeness (QED) is 0.636. The Morgan fingerprint density at radius 3 is 2.62 bits per heavy atom. The summed E-state index contributed by atoms with van der Waals surface area (Å²) in [6.45, 7) is 17.1. The minimum absolute atomic E-state index is 0.640. The van der Waals surface area contributed by atoms with Gasteiger partial charge in [0.15, 0.2) is 0 Å². The van der Waals surface area contributed by atoms with E-state index in [0.717, 1.165) is 56.4 Å². The molecule has 1 aromatic rings. The molecule has 0 saturated carbocycles. The largest absolute Gasteiger partial charge is 0.465 e. The van der Waals surface area contributed by atoms with Crippen LogP contribution in [0.5, 0.6) is 0 Å². The topological polar surface area (TPSA) is 37.6 Å². The van der Waals surface area contributed by atoms with Crippen molar-refractivity contribution in [3.8, 4) is 0 Å². The molecule has 0 amide bonds. The van der Waals surface area contributed by atoms with Crippen LogP contribution < -0.4 is 5.32 Å². The van der Waals surface area contributed by atoms with Gasteiger partial charge in [-0.1, -0.05) is 27.7 Å². The van der Waals surface area contributed by atoms with Crippen molar-refractivity contribution in [2.45, 2.75) is 47.8 Å². The van der Waals surface area contributed by atoms with Crippen LogP contribution in [0.25, 0.3) is 0 Å². The third-order valence-corrected chi connectivity index (χ3v) is 3.63. The normalized spacial score (nSPS) is 11.8. The van der Waals surface area contributed by atoms with Crippen LogP contribution in [0.15, 0.2) is 10.5 Å². The molecule has 21 heavy (non-hydrogen) atoms. The van der Waals surface area contributed by atoms with Crippen molar-refractivity contribution in [3.63, 3.8) is 0 Å². The number of aryl methyl sites for hydroxylation is 1. The molecule has 0 atom stereocenters. The van der Waals surface area contributed by atoms with Crippen LogP contribution in [-0.4, -0.2) is 37.7 Å². The van der Waals surface area contributed by atoms with Gasteiger partial charge in [-0.3, -0.25) is 0 Å². The highest BCUT2D eigenvalue weighted by atomic mass is 16.5. The molecular formula is C17H32N2O2. The molecule has 0 aliphatic heterocycles. The smallest absolute Gasteiger partial charge is 0.118 e. The van der Waals surface area contributed by atoms with E-state index in [0.29, 0.717) is 12.5 Å². The van der Waals surface area contributed by atoms with Gasteiger partial charge >= 0.3 is 0 Å². The summed E-state index contributed by atoms with van der Waals surface area (Å²) in [6.07, 6.45) is 0. The average Bonchev–Trinajstić information content (AvgIpc) is 2.79. The second kappa shape index (κ2) is 9.98. The molecule has 0 unspecified atom stereocenters. The zero-order chi connectivity index (χ0) is 15.7. The summed E-state index contributed by atoms with van der Waals surface area (Å²) in [5, 5.41) is 3.40. The van der Waals surface area contributed by atoms with Gasteiger partial charge < -0.3 is 19.4 Å². The van der Waals surface area contributed by atoms with Crippen molar-refractivity contribution in [1.29, 1.82) is 0 Å². The molecule has 0 bridgehead atoms. The van der Waals surface area contributed by atoms with E-state index in [-0.39, 0.29) is 0 Å². The fraction of sp³-hybridized carbons (Fsp3) is 0.765. The maximum atomic E-state index is 5.77. The van der Waals surface area contributed by atoms with Crippen molar-refractivity contribution >= 4 is 0 Å². The van der Waals surface area contributed by atoms with Gasteiger partial charge in [-0.2, -0.15) is 0 Å². The molecule has 0 fully saturated rings. The molecule has 4 heteroatoms. The Morgan fingerprint density at radius 1 is 1.29 bits per heavy atom. The van der Waals surface area contributed by atoms with Crippen LogP contribution in [0.2, 0.25) is 0 Å². The van der Waals surface area contributed by atoms with E-state index in [1.54, 1.807) is 0 Å². The third kappa shape index (κ3) is 7.11. The minimum Gasteiger partial charge on any atom is -0.465 e. The zero-order valence-electron chi connectivity index (χ0n) is 14.4. The highest BCUT2D eigenvalue weighted by molar-refractivity contribution is 5.19. The number of rotatable bonds is 11. The molecule has 1 aromatic heterocycles. The van der Waals surface area contributed by atoms with E-state index in [9.17, 15) is 0 Å². The standard InChI is InChI=1S/C17H32N2O2/c1-6-19(7-2)8-9-20-13-16-10-17(21-15(16)5)12-18-11-14(3)4/h10,14,18H,6-9,11-13H2,1-5H3. The van der Waals surface area contributed by atoms with Crippen molar-refractivity contribution in [3.05, 3.63) is 23.2 Å². The molecule has 1 heterocycles. The van der Waals surface area contributed by atoms with Crippen LogP contribution in [0.4, 0.5) is 0 Å². The summed E-state index contributed by atoms with van der Waals surface area (Å²) >= 11 is 0.